The molecule has 3 rings (SSSR count). The lowest BCUT2D eigenvalue weighted by molar-refractivity contribution is -0.122. The lowest BCUT2D eigenvalue weighted by Crippen LogP contribution is -2.30. The molecule has 0 saturated heterocycles. The van der Waals surface area contributed by atoms with Gasteiger partial charge in [-0.3, -0.25) is 4.79 Å². The van der Waals surface area contributed by atoms with Crippen LogP contribution in [-0.4, -0.2) is 24.6 Å². The summed E-state index contributed by atoms with van der Waals surface area (Å²) in [4.78, 5) is 26.4. The zero-order valence-corrected chi connectivity index (χ0v) is 16.6. The van der Waals surface area contributed by atoms with E-state index in [1.165, 1.54) is 16.2 Å². The molecule has 1 aliphatic carbocycles. The van der Waals surface area contributed by atoms with E-state index in [0.29, 0.717) is 22.9 Å². The average Bonchev–Trinajstić information content (AvgIpc) is 2.83. The molecule has 0 radical (unpaired) electrons. The van der Waals surface area contributed by atoms with Crippen molar-refractivity contribution in [3.8, 4) is 5.75 Å². The third kappa shape index (κ3) is 4.69. The smallest absolute Gasteiger partial charge is 0.341 e. The van der Waals surface area contributed by atoms with Crippen LogP contribution in [0.2, 0.25) is 0 Å². The highest BCUT2D eigenvalue weighted by molar-refractivity contribution is 7.17. The van der Waals surface area contributed by atoms with E-state index in [4.69, 9.17) is 9.47 Å². The predicted molar refractivity (Wildman–Crippen MR) is 107 cm³/mol. The van der Waals surface area contributed by atoms with E-state index in [1.54, 1.807) is 26.0 Å². The molecule has 144 valence electrons. The standard InChI is InChI=1S/C21H25NO4S/c1-3-25-21(24)18-16-12-8-5-9-13-17(16)27-20(18)22-19(23)14(2)26-15-10-6-4-7-11-15/h4,6-7,10-11,14H,3,5,8-9,12-13H2,1-2H3,(H,22,23)/t14-/m1/s1. The number of nitrogens with one attached hydrogen (secondary N) is 1. The fourth-order valence-electron chi connectivity index (χ4n) is 3.22. The van der Waals surface area contributed by atoms with E-state index < -0.39 is 6.10 Å². The molecule has 1 aromatic carbocycles. The number of ether oxygens (including phenoxy) is 2. The summed E-state index contributed by atoms with van der Waals surface area (Å²) in [5, 5.41) is 3.48. The summed E-state index contributed by atoms with van der Waals surface area (Å²) >= 11 is 1.49. The lowest BCUT2D eigenvalue weighted by Gasteiger charge is -2.15. The van der Waals surface area contributed by atoms with E-state index in [9.17, 15) is 9.59 Å². The number of hydrogen-bond acceptors (Lipinski definition) is 5. The predicted octanol–water partition coefficient (Wildman–Crippen LogP) is 4.60. The Labute approximate surface area is 163 Å². The molecule has 1 aromatic heterocycles. The number of hydrogen-bond donors (Lipinski definition) is 1. The first-order valence-electron chi connectivity index (χ1n) is 9.44. The van der Waals surface area contributed by atoms with Gasteiger partial charge in [0, 0.05) is 4.88 Å². The van der Waals surface area contributed by atoms with Crippen molar-refractivity contribution in [3.05, 3.63) is 46.3 Å². The Morgan fingerprint density at radius 3 is 2.63 bits per heavy atom. The Bertz CT molecular complexity index is 800. The van der Waals surface area contributed by atoms with Crippen molar-refractivity contribution in [2.75, 3.05) is 11.9 Å². The molecular formula is C21H25NO4S. The van der Waals surface area contributed by atoms with Gasteiger partial charge < -0.3 is 14.8 Å². The lowest BCUT2D eigenvalue weighted by atomic mass is 10.1. The zero-order valence-electron chi connectivity index (χ0n) is 15.7. The molecule has 5 nitrogen and oxygen atoms in total. The second-order valence-corrected chi connectivity index (χ2v) is 7.66. The number of benzene rings is 1. The molecule has 27 heavy (non-hydrogen) atoms. The van der Waals surface area contributed by atoms with Crippen LogP contribution in [0.3, 0.4) is 0 Å². The van der Waals surface area contributed by atoms with Crippen LogP contribution >= 0.6 is 11.3 Å². The average molecular weight is 388 g/mol. The summed E-state index contributed by atoms with van der Waals surface area (Å²) in [5.41, 5.74) is 1.57. The molecule has 0 aliphatic heterocycles. The van der Waals surface area contributed by atoms with Gasteiger partial charge in [0.05, 0.1) is 12.2 Å². The third-order valence-corrected chi connectivity index (χ3v) is 5.77. The largest absolute Gasteiger partial charge is 0.481 e. The van der Waals surface area contributed by atoms with E-state index >= 15 is 0 Å². The third-order valence-electron chi connectivity index (χ3n) is 4.56. The molecular weight excluding hydrogens is 362 g/mol. The highest BCUT2D eigenvalue weighted by Gasteiger charge is 2.27. The molecule has 0 bridgehead atoms. The van der Waals surface area contributed by atoms with E-state index in [0.717, 1.165) is 37.7 Å². The highest BCUT2D eigenvalue weighted by Crippen LogP contribution is 2.38. The number of anilines is 1. The van der Waals surface area contributed by atoms with Crippen LogP contribution in [0.4, 0.5) is 5.00 Å². The number of thiophene rings is 1. The van der Waals surface area contributed by atoms with E-state index in [2.05, 4.69) is 5.32 Å². The highest BCUT2D eigenvalue weighted by atomic mass is 32.1. The first-order valence-corrected chi connectivity index (χ1v) is 10.3. The van der Waals surface area contributed by atoms with Gasteiger partial charge in [-0.05, 0) is 57.2 Å². The molecule has 0 fully saturated rings. The summed E-state index contributed by atoms with van der Waals surface area (Å²) in [6.07, 6.45) is 4.44. The van der Waals surface area contributed by atoms with Crippen molar-refractivity contribution in [2.45, 2.75) is 52.1 Å². The molecule has 0 unspecified atom stereocenters. The Kier molecular flexibility index (Phi) is 6.50. The SMILES string of the molecule is CCOC(=O)c1c(NC(=O)[C@@H](C)Oc2ccccc2)sc2c1CCCCC2. The quantitative estimate of drug-likeness (QED) is 0.581. The fourth-order valence-corrected chi connectivity index (χ4v) is 4.50. The van der Waals surface area contributed by atoms with Crippen LogP contribution in [0.1, 0.15) is 53.9 Å². The monoisotopic (exact) mass is 387 g/mol. The molecule has 2 aromatic rings. The van der Waals surface area contributed by atoms with E-state index in [-0.39, 0.29) is 11.9 Å². The molecule has 1 aliphatic rings. The minimum absolute atomic E-state index is 0.277. The number of fused-ring (bicyclic) bond motifs is 1. The number of amides is 1. The zero-order chi connectivity index (χ0) is 19.2. The number of carbonyl (C=O) groups excluding carboxylic acids is 2. The maximum atomic E-state index is 12.6. The molecule has 6 heteroatoms. The summed E-state index contributed by atoms with van der Waals surface area (Å²) in [6, 6.07) is 9.22. The minimum atomic E-state index is -0.677. The van der Waals surface area contributed by atoms with Crippen LogP contribution in [0.25, 0.3) is 0 Å². The first kappa shape index (κ1) is 19.4. The minimum Gasteiger partial charge on any atom is -0.481 e. The molecule has 0 saturated carbocycles. The fraction of sp³-hybridized carbons (Fsp3) is 0.429. The van der Waals surface area contributed by atoms with Crippen LogP contribution in [-0.2, 0) is 22.4 Å². The number of para-hydroxylation sites is 1. The topological polar surface area (TPSA) is 64.6 Å². The van der Waals surface area contributed by atoms with E-state index in [1.807, 2.05) is 18.2 Å². The Balaban J connectivity index is 1.80. The number of rotatable bonds is 6. The second-order valence-electron chi connectivity index (χ2n) is 6.55. The van der Waals surface area contributed by atoms with Gasteiger partial charge in [0.25, 0.3) is 5.91 Å². The van der Waals surface area contributed by atoms with Crippen molar-refractivity contribution >= 4 is 28.2 Å². The van der Waals surface area contributed by atoms with Crippen molar-refractivity contribution in [2.24, 2.45) is 0 Å². The van der Waals surface area contributed by atoms with Crippen molar-refractivity contribution in [1.82, 2.24) is 0 Å². The van der Waals surface area contributed by atoms with Gasteiger partial charge in [-0.1, -0.05) is 24.6 Å². The normalized spacial score (nSPS) is 14.6. The van der Waals surface area contributed by atoms with Gasteiger partial charge in [-0.2, -0.15) is 0 Å². The summed E-state index contributed by atoms with van der Waals surface area (Å²) < 4.78 is 11.0. The maximum absolute atomic E-state index is 12.6. The van der Waals surface area contributed by atoms with Gasteiger partial charge >= 0.3 is 5.97 Å². The Morgan fingerprint density at radius 2 is 1.89 bits per heavy atom. The van der Waals surface area contributed by atoms with Gasteiger partial charge in [0.15, 0.2) is 6.10 Å². The summed E-state index contributed by atoms with van der Waals surface area (Å²) in [6.45, 7) is 3.80. The second kappa shape index (κ2) is 9.04. The van der Waals surface area contributed by atoms with Crippen molar-refractivity contribution in [1.29, 1.82) is 0 Å². The molecule has 1 amide bonds. The molecule has 0 spiro atoms. The van der Waals surface area contributed by atoms with Gasteiger partial charge in [-0.25, -0.2) is 4.79 Å². The van der Waals surface area contributed by atoms with Crippen molar-refractivity contribution in [3.63, 3.8) is 0 Å². The molecule has 1 N–H and O–H groups in total. The summed E-state index contributed by atoms with van der Waals surface area (Å²) in [5.74, 6) is -0.00244. The Hall–Kier alpha value is -2.34. The molecule has 1 heterocycles. The van der Waals surface area contributed by atoms with Crippen molar-refractivity contribution < 1.29 is 19.1 Å². The van der Waals surface area contributed by atoms with Gasteiger partial charge in [0.2, 0.25) is 0 Å². The number of esters is 1. The van der Waals surface area contributed by atoms with Crippen LogP contribution in [0.15, 0.2) is 30.3 Å². The van der Waals surface area contributed by atoms with Crippen LogP contribution in [0.5, 0.6) is 5.75 Å². The summed E-state index contributed by atoms with van der Waals surface area (Å²) in [7, 11) is 0. The maximum Gasteiger partial charge on any atom is 0.341 e. The van der Waals surface area contributed by atoms with Gasteiger partial charge in [-0.15, -0.1) is 11.3 Å². The number of aryl methyl sites for hydroxylation is 1. The van der Waals surface area contributed by atoms with Gasteiger partial charge in [0.1, 0.15) is 10.8 Å². The molecule has 1 atom stereocenters. The Morgan fingerprint density at radius 1 is 1.15 bits per heavy atom. The first-order chi connectivity index (χ1) is 13.1. The van der Waals surface area contributed by atoms with Crippen LogP contribution < -0.4 is 10.1 Å². The van der Waals surface area contributed by atoms with Crippen LogP contribution in [0, 0.1) is 0 Å². The number of carbonyl (C=O) groups is 2.